The molecule has 0 spiro atoms. The van der Waals surface area contributed by atoms with E-state index in [-0.39, 0.29) is 31.6 Å². The number of likely N-dealkylation sites (N-methyl/N-ethyl adjacent to an activating group) is 1. The number of pyridine rings is 1. The number of aromatic nitrogens is 3. The molecule has 1 saturated heterocycles. The number of nitrogens with zero attached hydrogens (tertiary/aromatic N) is 5. The summed E-state index contributed by atoms with van der Waals surface area (Å²) in [5, 5.41) is 9.97. The van der Waals surface area contributed by atoms with E-state index in [2.05, 4.69) is 4.98 Å². The van der Waals surface area contributed by atoms with Gasteiger partial charge in [-0.3, -0.25) is 14.3 Å². The lowest BCUT2D eigenvalue weighted by molar-refractivity contribution is 0.0644. The maximum absolute atomic E-state index is 13.7. The zero-order valence-electron chi connectivity index (χ0n) is 19.0. The Labute approximate surface area is 202 Å². The van der Waals surface area contributed by atoms with E-state index in [1.165, 1.54) is 0 Å². The van der Waals surface area contributed by atoms with E-state index in [1.54, 1.807) is 15.7 Å². The average Bonchev–Trinajstić information content (AvgIpc) is 3.55. The number of aliphatic hydroxyl groups excluding tert-OH is 1. The van der Waals surface area contributed by atoms with Crippen molar-refractivity contribution >= 4 is 23.3 Å². The van der Waals surface area contributed by atoms with Gasteiger partial charge in [0.1, 0.15) is 6.61 Å². The van der Waals surface area contributed by atoms with Crippen molar-refractivity contribution in [2.75, 3.05) is 25.1 Å². The van der Waals surface area contributed by atoms with Gasteiger partial charge in [-0.2, -0.15) is 4.98 Å². The number of epoxide rings is 1. The van der Waals surface area contributed by atoms with Gasteiger partial charge in [0, 0.05) is 42.7 Å². The number of imidazole rings is 1. The van der Waals surface area contributed by atoms with Gasteiger partial charge in [-0.1, -0.05) is 29.8 Å². The summed E-state index contributed by atoms with van der Waals surface area (Å²) in [6.45, 7) is 2.95. The molecule has 1 fully saturated rings. The minimum Gasteiger partial charge on any atom is -0.460 e. The smallest absolute Gasteiger partial charge is 0.299 e. The van der Waals surface area contributed by atoms with Crippen LogP contribution in [0.15, 0.2) is 42.6 Å². The number of ether oxygens (including phenoxy) is 2. The Balaban J connectivity index is 1.53. The van der Waals surface area contributed by atoms with Crippen LogP contribution in [0, 0.1) is 6.92 Å². The van der Waals surface area contributed by atoms with Crippen LogP contribution >= 0.6 is 11.6 Å². The fraction of sp³-hybridized carbons (Fsp3) is 0.375. The van der Waals surface area contributed by atoms with Crippen LogP contribution in [0.25, 0.3) is 0 Å². The third-order valence-electron chi connectivity index (χ3n) is 6.00. The second-order valence-corrected chi connectivity index (χ2v) is 8.92. The lowest BCUT2D eigenvalue weighted by Gasteiger charge is -2.20. The number of hydrogen-bond acceptors (Lipinski definition) is 7. The SMILES string of the molecule is Cc1ccc(COc2nc3c(n2Cc2ccc(Cl)cc2)C(=O)N(CCCO)C2OC2N3C)cn1. The highest BCUT2D eigenvalue weighted by Gasteiger charge is 2.53. The molecule has 0 radical (unpaired) electrons. The number of carbonyl (C=O) groups is 1. The Hall–Kier alpha value is -3.14. The van der Waals surface area contributed by atoms with Crippen molar-refractivity contribution in [3.05, 3.63) is 70.1 Å². The molecule has 178 valence electrons. The zero-order valence-corrected chi connectivity index (χ0v) is 19.8. The summed E-state index contributed by atoms with van der Waals surface area (Å²) in [4.78, 5) is 26.3. The van der Waals surface area contributed by atoms with Crippen LogP contribution in [0.2, 0.25) is 5.02 Å². The number of hydrogen-bond donors (Lipinski definition) is 1. The van der Waals surface area contributed by atoms with Gasteiger partial charge in [-0.05, 0) is 37.1 Å². The fourth-order valence-corrected chi connectivity index (χ4v) is 4.21. The van der Waals surface area contributed by atoms with Crippen LogP contribution in [0.5, 0.6) is 6.01 Å². The largest absolute Gasteiger partial charge is 0.460 e. The molecule has 9 nitrogen and oxygen atoms in total. The number of benzene rings is 1. The normalized spacial score (nSPS) is 19.0. The number of anilines is 1. The Kier molecular flexibility index (Phi) is 6.16. The van der Waals surface area contributed by atoms with Gasteiger partial charge >= 0.3 is 0 Å². The highest BCUT2D eigenvalue weighted by atomic mass is 35.5. The highest BCUT2D eigenvalue weighted by molar-refractivity contribution is 6.30. The van der Waals surface area contributed by atoms with E-state index in [1.807, 2.05) is 55.3 Å². The Morgan fingerprint density at radius 3 is 2.62 bits per heavy atom. The number of aliphatic hydroxyl groups is 1. The van der Waals surface area contributed by atoms with Gasteiger partial charge in [0.2, 0.25) is 0 Å². The topological polar surface area (TPSA) is 96.2 Å². The van der Waals surface area contributed by atoms with Gasteiger partial charge in [0.15, 0.2) is 24.0 Å². The van der Waals surface area contributed by atoms with Crippen LogP contribution in [0.1, 0.15) is 33.7 Å². The van der Waals surface area contributed by atoms with Gasteiger partial charge in [0.25, 0.3) is 11.9 Å². The lowest BCUT2D eigenvalue weighted by Crippen LogP contribution is -2.37. The fourth-order valence-electron chi connectivity index (χ4n) is 4.09. The Morgan fingerprint density at radius 2 is 1.91 bits per heavy atom. The molecule has 5 rings (SSSR count). The summed E-state index contributed by atoms with van der Waals surface area (Å²) >= 11 is 6.07. The number of rotatable bonds is 8. The molecule has 0 aliphatic carbocycles. The lowest BCUT2D eigenvalue weighted by atomic mass is 10.2. The summed E-state index contributed by atoms with van der Waals surface area (Å²) in [6.07, 6.45) is 1.60. The zero-order chi connectivity index (χ0) is 23.8. The molecule has 3 aromatic rings. The molecule has 2 aliphatic rings. The summed E-state index contributed by atoms with van der Waals surface area (Å²) in [5.74, 6) is 0.309. The van der Waals surface area contributed by atoms with Crippen molar-refractivity contribution in [3.63, 3.8) is 0 Å². The van der Waals surface area contributed by atoms with Crippen molar-refractivity contribution in [2.45, 2.75) is 39.0 Å². The minimum atomic E-state index is -0.356. The quantitative estimate of drug-likeness (QED) is 0.492. The highest BCUT2D eigenvalue weighted by Crippen LogP contribution is 2.40. The first-order chi connectivity index (χ1) is 16.5. The molecule has 10 heteroatoms. The van der Waals surface area contributed by atoms with E-state index in [0.29, 0.717) is 42.1 Å². The summed E-state index contributed by atoms with van der Waals surface area (Å²) in [5.41, 5.74) is 3.21. The first-order valence-corrected chi connectivity index (χ1v) is 11.5. The third-order valence-corrected chi connectivity index (χ3v) is 6.25. The van der Waals surface area contributed by atoms with Crippen molar-refractivity contribution in [1.29, 1.82) is 0 Å². The number of halogens is 1. The number of aryl methyl sites for hydroxylation is 1. The monoisotopic (exact) mass is 483 g/mol. The number of fused-ring (bicyclic) bond motifs is 2. The molecule has 4 heterocycles. The van der Waals surface area contributed by atoms with Crippen LogP contribution < -0.4 is 9.64 Å². The molecule has 2 unspecified atom stereocenters. The van der Waals surface area contributed by atoms with Crippen LogP contribution in [0.3, 0.4) is 0 Å². The van der Waals surface area contributed by atoms with Crippen LogP contribution in [-0.2, 0) is 17.9 Å². The molecule has 1 N–H and O–H groups in total. The molecule has 1 amide bonds. The number of carbonyl (C=O) groups excluding carboxylic acids is 1. The van der Waals surface area contributed by atoms with Crippen molar-refractivity contribution in [3.8, 4) is 6.01 Å². The standard InChI is InChI=1S/C24H26ClN5O4/c1-15-4-5-17(12-26-15)14-33-24-27-20-19(30(24)13-16-6-8-18(25)9-7-16)21(32)29(10-3-11-31)23-22(34-23)28(20)2/h4-9,12,22-23,31H,3,10-11,13-14H2,1-2H3. The minimum absolute atomic E-state index is 0.00710. The van der Waals surface area contributed by atoms with Crippen LogP contribution in [-0.4, -0.2) is 63.1 Å². The van der Waals surface area contributed by atoms with E-state index in [9.17, 15) is 9.90 Å². The Bertz CT molecular complexity index is 1180. The molecule has 34 heavy (non-hydrogen) atoms. The second-order valence-electron chi connectivity index (χ2n) is 8.48. The van der Waals surface area contributed by atoms with Gasteiger partial charge in [-0.15, -0.1) is 0 Å². The first kappa shape index (κ1) is 22.6. The van der Waals surface area contributed by atoms with Gasteiger partial charge in [-0.25, -0.2) is 0 Å². The predicted molar refractivity (Wildman–Crippen MR) is 126 cm³/mol. The van der Waals surface area contributed by atoms with Crippen molar-refractivity contribution < 1.29 is 19.4 Å². The van der Waals surface area contributed by atoms with E-state index >= 15 is 0 Å². The predicted octanol–water partition coefficient (Wildman–Crippen LogP) is 2.82. The Morgan fingerprint density at radius 1 is 1.15 bits per heavy atom. The maximum atomic E-state index is 13.7. The first-order valence-electron chi connectivity index (χ1n) is 11.2. The molecular formula is C24H26ClN5O4. The molecule has 2 atom stereocenters. The summed E-state index contributed by atoms with van der Waals surface area (Å²) < 4.78 is 13.7. The third kappa shape index (κ3) is 4.34. The average molecular weight is 484 g/mol. The van der Waals surface area contributed by atoms with Gasteiger partial charge in [0.05, 0.1) is 6.54 Å². The van der Waals surface area contributed by atoms with Crippen LogP contribution in [0.4, 0.5) is 5.82 Å². The van der Waals surface area contributed by atoms with Gasteiger partial charge < -0.3 is 24.4 Å². The molecular weight excluding hydrogens is 458 g/mol. The summed E-state index contributed by atoms with van der Waals surface area (Å²) in [7, 11) is 1.86. The summed E-state index contributed by atoms with van der Waals surface area (Å²) in [6, 6.07) is 11.7. The molecule has 2 aromatic heterocycles. The van der Waals surface area contributed by atoms with Crippen molar-refractivity contribution in [1.82, 2.24) is 19.4 Å². The maximum Gasteiger partial charge on any atom is 0.299 e. The molecule has 2 aliphatic heterocycles. The van der Waals surface area contributed by atoms with E-state index in [4.69, 9.17) is 26.1 Å². The van der Waals surface area contributed by atoms with E-state index in [0.717, 1.165) is 16.8 Å². The number of amides is 1. The molecule has 1 aromatic carbocycles. The van der Waals surface area contributed by atoms with Crippen molar-refractivity contribution in [2.24, 2.45) is 0 Å². The molecule has 0 bridgehead atoms. The second kappa shape index (κ2) is 9.25. The van der Waals surface area contributed by atoms with E-state index < -0.39 is 0 Å². The molecule has 0 saturated carbocycles.